The Bertz CT molecular complexity index is 379. The van der Waals surface area contributed by atoms with Gasteiger partial charge in [-0.1, -0.05) is 25.1 Å². The maximum absolute atomic E-state index is 11.8. The van der Waals surface area contributed by atoms with Gasteiger partial charge in [-0.2, -0.15) is 0 Å². The monoisotopic (exact) mass is 251 g/mol. The number of carbonyl (C=O) groups excluding carboxylic acids is 1. The number of hydrogen-bond acceptors (Lipinski definition) is 3. The highest BCUT2D eigenvalue weighted by Gasteiger charge is 2.18. The van der Waals surface area contributed by atoms with Crippen molar-refractivity contribution in [2.75, 3.05) is 13.2 Å². The number of aliphatic hydroxyl groups is 1. The van der Waals surface area contributed by atoms with Crippen LogP contribution in [0.25, 0.3) is 0 Å². The van der Waals surface area contributed by atoms with Crippen LogP contribution in [0.4, 0.5) is 0 Å². The number of hydrogen-bond donors (Lipinski definition) is 2. The lowest BCUT2D eigenvalue weighted by Gasteiger charge is -2.18. The van der Waals surface area contributed by atoms with Gasteiger partial charge in [-0.15, -0.1) is 0 Å². The first-order chi connectivity index (χ1) is 8.69. The van der Waals surface area contributed by atoms with Gasteiger partial charge in [0.05, 0.1) is 0 Å². The Balaban J connectivity index is 2.56. The summed E-state index contributed by atoms with van der Waals surface area (Å²) in [6.07, 6.45) is 0.691. The van der Waals surface area contributed by atoms with Crippen molar-refractivity contribution in [3.05, 3.63) is 29.8 Å². The van der Waals surface area contributed by atoms with Gasteiger partial charge in [-0.25, -0.2) is 0 Å². The third-order valence-corrected chi connectivity index (χ3v) is 2.66. The fourth-order valence-electron chi connectivity index (χ4n) is 1.57. The predicted molar refractivity (Wildman–Crippen MR) is 70.6 cm³/mol. The minimum absolute atomic E-state index is 0.0791. The average molecular weight is 251 g/mol. The van der Waals surface area contributed by atoms with E-state index in [1.807, 2.05) is 38.1 Å². The molecule has 0 saturated carbocycles. The van der Waals surface area contributed by atoms with Crippen LogP contribution in [0.3, 0.4) is 0 Å². The van der Waals surface area contributed by atoms with E-state index in [4.69, 9.17) is 9.84 Å². The van der Waals surface area contributed by atoms with Crippen molar-refractivity contribution < 1.29 is 14.6 Å². The second kappa shape index (κ2) is 7.71. The molecule has 1 amide bonds. The van der Waals surface area contributed by atoms with Gasteiger partial charge in [-0.05, 0) is 31.4 Å². The smallest absolute Gasteiger partial charge is 0.261 e. The molecule has 4 nitrogen and oxygen atoms in total. The summed E-state index contributed by atoms with van der Waals surface area (Å²) < 4.78 is 5.71. The number of aryl methyl sites for hydroxylation is 1. The van der Waals surface area contributed by atoms with Gasteiger partial charge in [0.2, 0.25) is 0 Å². The van der Waals surface area contributed by atoms with Gasteiger partial charge in [0, 0.05) is 13.2 Å². The molecule has 0 aliphatic heterocycles. The largest absolute Gasteiger partial charge is 0.480 e. The predicted octanol–water partition coefficient (Wildman–Crippen LogP) is 1.65. The number of aliphatic hydroxyl groups excluding tert-OH is 1. The maximum atomic E-state index is 11.8. The number of carbonyl (C=O) groups is 1. The van der Waals surface area contributed by atoms with Crippen molar-refractivity contribution >= 4 is 5.91 Å². The first kappa shape index (κ1) is 14.5. The van der Waals surface area contributed by atoms with E-state index >= 15 is 0 Å². The van der Waals surface area contributed by atoms with Crippen LogP contribution in [0.15, 0.2) is 24.3 Å². The number of ether oxygens (including phenoxy) is 1. The van der Waals surface area contributed by atoms with E-state index in [1.165, 1.54) is 0 Å². The molecule has 1 atom stereocenters. The number of rotatable bonds is 7. The second-order valence-corrected chi connectivity index (χ2v) is 4.15. The molecule has 18 heavy (non-hydrogen) atoms. The Hall–Kier alpha value is -1.55. The number of para-hydroxylation sites is 1. The molecular formula is C14H21NO3. The summed E-state index contributed by atoms with van der Waals surface area (Å²) in [5.41, 5.74) is 1.01. The van der Waals surface area contributed by atoms with Crippen molar-refractivity contribution in [3.63, 3.8) is 0 Å². The topological polar surface area (TPSA) is 58.6 Å². The van der Waals surface area contributed by atoms with Crippen molar-refractivity contribution in [1.82, 2.24) is 5.32 Å². The number of nitrogens with one attached hydrogen (secondary N) is 1. The van der Waals surface area contributed by atoms with Gasteiger partial charge in [-0.3, -0.25) is 4.79 Å². The van der Waals surface area contributed by atoms with Crippen LogP contribution >= 0.6 is 0 Å². The van der Waals surface area contributed by atoms with Gasteiger partial charge >= 0.3 is 0 Å². The summed E-state index contributed by atoms with van der Waals surface area (Å²) in [6.45, 7) is 4.42. The lowest BCUT2D eigenvalue weighted by molar-refractivity contribution is -0.128. The molecule has 1 aromatic carbocycles. The van der Waals surface area contributed by atoms with Crippen LogP contribution < -0.4 is 10.1 Å². The molecular weight excluding hydrogens is 230 g/mol. The van der Waals surface area contributed by atoms with Crippen molar-refractivity contribution in [3.8, 4) is 5.75 Å². The third-order valence-electron chi connectivity index (χ3n) is 2.66. The lowest BCUT2D eigenvalue weighted by Crippen LogP contribution is -2.38. The van der Waals surface area contributed by atoms with E-state index in [-0.39, 0.29) is 12.5 Å². The summed E-state index contributed by atoms with van der Waals surface area (Å²) in [5, 5.41) is 11.4. The molecule has 4 heteroatoms. The summed E-state index contributed by atoms with van der Waals surface area (Å²) >= 11 is 0. The van der Waals surface area contributed by atoms with Gasteiger partial charge in [0.25, 0.3) is 5.91 Å². The molecule has 0 saturated heterocycles. The van der Waals surface area contributed by atoms with Crippen LogP contribution in [-0.4, -0.2) is 30.3 Å². The van der Waals surface area contributed by atoms with Crippen LogP contribution in [0.5, 0.6) is 5.75 Å². The van der Waals surface area contributed by atoms with Crippen LogP contribution in [0, 0.1) is 6.92 Å². The highest BCUT2D eigenvalue weighted by Crippen LogP contribution is 2.18. The van der Waals surface area contributed by atoms with E-state index in [9.17, 15) is 4.79 Å². The zero-order valence-corrected chi connectivity index (χ0v) is 11.0. The quantitative estimate of drug-likeness (QED) is 0.724. The molecule has 1 unspecified atom stereocenters. The molecule has 0 aromatic heterocycles. The van der Waals surface area contributed by atoms with Crippen molar-refractivity contribution in [1.29, 1.82) is 0 Å². The van der Waals surface area contributed by atoms with Crippen LogP contribution in [-0.2, 0) is 4.79 Å². The standard InChI is InChI=1S/C14H21NO3/c1-3-12(14(17)15-9-6-10-16)18-13-8-5-4-7-11(13)2/h4-5,7-8,12,16H,3,6,9-10H2,1-2H3,(H,15,17). The zero-order chi connectivity index (χ0) is 13.4. The summed E-state index contributed by atoms with van der Waals surface area (Å²) in [6, 6.07) is 7.63. The van der Waals surface area contributed by atoms with E-state index < -0.39 is 6.10 Å². The Kier molecular flexibility index (Phi) is 6.22. The Morgan fingerprint density at radius 1 is 1.44 bits per heavy atom. The normalized spacial score (nSPS) is 11.9. The fourth-order valence-corrected chi connectivity index (χ4v) is 1.57. The average Bonchev–Trinajstić information content (AvgIpc) is 2.38. The highest BCUT2D eigenvalue weighted by molar-refractivity contribution is 5.81. The maximum Gasteiger partial charge on any atom is 0.261 e. The second-order valence-electron chi connectivity index (χ2n) is 4.15. The highest BCUT2D eigenvalue weighted by atomic mass is 16.5. The molecule has 0 aliphatic rings. The number of benzene rings is 1. The molecule has 0 heterocycles. The molecule has 100 valence electrons. The van der Waals surface area contributed by atoms with Gasteiger partial charge < -0.3 is 15.2 Å². The van der Waals surface area contributed by atoms with Crippen molar-refractivity contribution in [2.45, 2.75) is 32.8 Å². The summed E-state index contributed by atoms with van der Waals surface area (Å²) in [4.78, 5) is 11.8. The van der Waals surface area contributed by atoms with Crippen LogP contribution in [0.2, 0.25) is 0 Å². The number of amides is 1. The zero-order valence-electron chi connectivity index (χ0n) is 11.0. The van der Waals surface area contributed by atoms with E-state index in [0.717, 1.165) is 11.3 Å². The minimum atomic E-state index is -0.482. The first-order valence-corrected chi connectivity index (χ1v) is 6.30. The molecule has 0 aliphatic carbocycles. The summed E-state index contributed by atoms with van der Waals surface area (Å²) in [7, 11) is 0. The molecule has 0 bridgehead atoms. The van der Waals surface area contributed by atoms with E-state index in [0.29, 0.717) is 19.4 Å². The molecule has 2 N–H and O–H groups in total. The first-order valence-electron chi connectivity index (χ1n) is 6.30. The Morgan fingerprint density at radius 3 is 2.78 bits per heavy atom. The van der Waals surface area contributed by atoms with Gasteiger partial charge in [0.15, 0.2) is 6.10 Å². The van der Waals surface area contributed by atoms with Gasteiger partial charge in [0.1, 0.15) is 5.75 Å². The van der Waals surface area contributed by atoms with E-state index in [2.05, 4.69) is 5.32 Å². The fraction of sp³-hybridized carbons (Fsp3) is 0.500. The van der Waals surface area contributed by atoms with E-state index in [1.54, 1.807) is 0 Å². The van der Waals surface area contributed by atoms with Crippen molar-refractivity contribution in [2.24, 2.45) is 0 Å². The Morgan fingerprint density at radius 2 is 2.17 bits per heavy atom. The summed E-state index contributed by atoms with van der Waals surface area (Å²) in [5.74, 6) is 0.607. The molecule has 1 rings (SSSR count). The minimum Gasteiger partial charge on any atom is -0.480 e. The third kappa shape index (κ3) is 4.37. The lowest BCUT2D eigenvalue weighted by atomic mass is 10.2. The molecule has 0 spiro atoms. The SMILES string of the molecule is CCC(Oc1ccccc1C)C(=O)NCCCO. The Labute approximate surface area is 108 Å². The molecule has 0 radical (unpaired) electrons. The molecule has 1 aromatic rings. The molecule has 0 fully saturated rings. The van der Waals surface area contributed by atoms with Crippen LogP contribution in [0.1, 0.15) is 25.3 Å².